The SMILES string of the molecule is CCOc1ccc(Cn2cc(NC(=O)C(CC)CC)cn2)cc1OCC. The van der Waals surface area contributed by atoms with E-state index in [0.29, 0.717) is 19.8 Å². The number of benzene rings is 1. The van der Waals surface area contributed by atoms with Crippen LogP contribution in [0.2, 0.25) is 0 Å². The van der Waals surface area contributed by atoms with Crippen LogP contribution in [0.3, 0.4) is 0 Å². The standard InChI is InChI=1S/C20H29N3O3/c1-5-16(6-2)20(24)22-17-12-21-23(14-17)13-15-9-10-18(25-7-3)19(11-15)26-8-4/h9-12,14,16H,5-8,13H2,1-4H3,(H,22,24). The number of rotatable bonds is 10. The molecule has 142 valence electrons. The molecule has 0 spiro atoms. The summed E-state index contributed by atoms with van der Waals surface area (Å²) < 4.78 is 13.1. The highest BCUT2D eigenvalue weighted by Crippen LogP contribution is 2.29. The Kier molecular flexibility index (Phi) is 7.51. The van der Waals surface area contributed by atoms with Crippen molar-refractivity contribution in [3.8, 4) is 11.5 Å². The first kappa shape index (κ1) is 19.8. The molecule has 0 aliphatic rings. The first-order valence-electron chi connectivity index (χ1n) is 9.32. The van der Waals surface area contributed by atoms with Crippen LogP contribution in [0.25, 0.3) is 0 Å². The van der Waals surface area contributed by atoms with Crippen LogP contribution in [0.15, 0.2) is 30.6 Å². The predicted molar refractivity (Wildman–Crippen MR) is 103 cm³/mol. The van der Waals surface area contributed by atoms with Crippen LogP contribution in [-0.4, -0.2) is 28.9 Å². The summed E-state index contributed by atoms with van der Waals surface area (Å²) in [7, 11) is 0. The minimum atomic E-state index is 0.0400. The Labute approximate surface area is 155 Å². The van der Waals surface area contributed by atoms with Crippen LogP contribution < -0.4 is 14.8 Å². The lowest BCUT2D eigenvalue weighted by Crippen LogP contribution is -2.21. The summed E-state index contributed by atoms with van der Waals surface area (Å²) in [6, 6.07) is 5.89. The fourth-order valence-electron chi connectivity index (χ4n) is 2.80. The second-order valence-electron chi connectivity index (χ2n) is 6.08. The van der Waals surface area contributed by atoms with Crippen LogP contribution in [0.4, 0.5) is 5.69 Å². The van der Waals surface area contributed by atoms with E-state index in [0.717, 1.165) is 35.6 Å². The van der Waals surface area contributed by atoms with Crippen molar-refractivity contribution in [3.63, 3.8) is 0 Å². The molecule has 1 amide bonds. The Bertz CT molecular complexity index is 708. The van der Waals surface area contributed by atoms with Gasteiger partial charge in [0.05, 0.1) is 31.6 Å². The number of aromatic nitrogens is 2. The van der Waals surface area contributed by atoms with Gasteiger partial charge < -0.3 is 14.8 Å². The van der Waals surface area contributed by atoms with Gasteiger partial charge >= 0.3 is 0 Å². The molecule has 1 aromatic carbocycles. The van der Waals surface area contributed by atoms with Crippen molar-refractivity contribution in [2.45, 2.75) is 47.1 Å². The van der Waals surface area contributed by atoms with E-state index < -0.39 is 0 Å². The molecule has 0 atom stereocenters. The second kappa shape index (κ2) is 9.85. The molecule has 0 aliphatic heterocycles. The van der Waals surface area contributed by atoms with E-state index in [-0.39, 0.29) is 11.8 Å². The van der Waals surface area contributed by atoms with Gasteiger partial charge in [-0.1, -0.05) is 19.9 Å². The molecule has 6 heteroatoms. The highest BCUT2D eigenvalue weighted by molar-refractivity contribution is 5.92. The number of nitrogens with zero attached hydrogens (tertiary/aromatic N) is 2. The number of anilines is 1. The van der Waals surface area contributed by atoms with E-state index in [1.165, 1.54) is 0 Å². The van der Waals surface area contributed by atoms with Crippen molar-refractivity contribution in [2.24, 2.45) is 5.92 Å². The van der Waals surface area contributed by atoms with Crippen LogP contribution in [0.5, 0.6) is 11.5 Å². The predicted octanol–water partition coefficient (Wildman–Crippen LogP) is 4.10. The van der Waals surface area contributed by atoms with Gasteiger partial charge in [0, 0.05) is 12.1 Å². The maximum atomic E-state index is 12.2. The van der Waals surface area contributed by atoms with E-state index >= 15 is 0 Å². The minimum absolute atomic E-state index is 0.0400. The molecule has 1 heterocycles. The largest absolute Gasteiger partial charge is 0.490 e. The number of hydrogen-bond acceptors (Lipinski definition) is 4. The molecule has 0 saturated heterocycles. The van der Waals surface area contributed by atoms with Crippen molar-refractivity contribution in [1.82, 2.24) is 9.78 Å². The first-order chi connectivity index (χ1) is 12.6. The summed E-state index contributed by atoms with van der Waals surface area (Å²) in [4.78, 5) is 12.2. The molecule has 0 saturated carbocycles. The second-order valence-corrected chi connectivity index (χ2v) is 6.08. The van der Waals surface area contributed by atoms with E-state index in [9.17, 15) is 4.79 Å². The van der Waals surface area contributed by atoms with Gasteiger partial charge in [0.25, 0.3) is 0 Å². The lowest BCUT2D eigenvalue weighted by atomic mass is 10.0. The Morgan fingerprint density at radius 2 is 1.81 bits per heavy atom. The molecule has 0 radical (unpaired) electrons. The Morgan fingerprint density at radius 3 is 2.46 bits per heavy atom. The van der Waals surface area contributed by atoms with Crippen molar-refractivity contribution in [2.75, 3.05) is 18.5 Å². The maximum absolute atomic E-state index is 12.2. The fourth-order valence-corrected chi connectivity index (χ4v) is 2.80. The Hall–Kier alpha value is -2.50. The third-order valence-corrected chi connectivity index (χ3v) is 4.21. The molecule has 1 N–H and O–H groups in total. The molecular weight excluding hydrogens is 330 g/mol. The molecule has 0 unspecified atom stereocenters. The van der Waals surface area contributed by atoms with Gasteiger partial charge in [0.2, 0.25) is 5.91 Å². The van der Waals surface area contributed by atoms with E-state index in [2.05, 4.69) is 10.4 Å². The summed E-state index contributed by atoms with van der Waals surface area (Å²) in [5.74, 6) is 1.57. The van der Waals surface area contributed by atoms with Gasteiger partial charge in [0.15, 0.2) is 11.5 Å². The van der Waals surface area contributed by atoms with Gasteiger partial charge in [-0.15, -0.1) is 0 Å². The number of nitrogens with one attached hydrogen (secondary N) is 1. The maximum Gasteiger partial charge on any atom is 0.227 e. The van der Waals surface area contributed by atoms with Crippen LogP contribution in [0, 0.1) is 5.92 Å². The lowest BCUT2D eigenvalue weighted by molar-refractivity contribution is -0.120. The summed E-state index contributed by atoms with van der Waals surface area (Å²) in [5, 5.41) is 7.28. The van der Waals surface area contributed by atoms with E-state index in [1.54, 1.807) is 10.9 Å². The first-order valence-corrected chi connectivity index (χ1v) is 9.32. The smallest absolute Gasteiger partial charge is 0.227 e. The number of carbonyl (C=O) groups excluding carboxylic acids is 1. The molecular formula is C20H29N3O3. The molecule has 0 aliphatic carbocycles. The summed E-state index contributed by atoms with van der Waals surface area (Å²) in [5.41, 5.74) is 1.77. The molecule has 1 aromatic heterocycles. The monoisotopic (exact) mass is 359 g/mol. The number of carbonyl (C=O) groups is 1. The number of amides is 1. The average Bonchev–Trinajstić information content (AvgIpc) is 3.05. The molecule has 0 bridgehead atoms. The van der Waals surface area contributed by atoms with E-state index in [1.807, 2.05) is 52.1 Å². The van der Waals surface area contributed by atoms with Crippen molar-refractivity contribution in [1.29, 1.82) is 0 Å². The highest BCUT2D eigenvalue weighted by atomic mass is 16.5. The third kappa shape index (κ3) is 5.25. The summed E-state index contributed by atoms with van der Waals surface area (Å²) in [6.07, 6.45) is 5.20. The van der Waals surface area contributed by atoms with Crippen LogP contribution in [-0.2, 0) is 11.3 Å². The van der Waals surface area contributed by atoms with Gasteiger partial charge in [-0.05, 0) is 44.4 Å². The molecule has 0 fully saturated rings. The summed E-state index contributed by atoms with van der Waals surface area (Å²) in [6.45, 7) is 9.72. The zero-order chi connectivity index (χ0) is 18.9. The molecule has 2 rings (SSSR count). The van der Waals surface area contributed by atoms with Crippen LogP contribution in [0.1, 0.15) is 46.1 Å². The Balaban J connectivity index is 2.06. The number of ether oxygens (including phenoxy) is 2. The molecule has 2 aromatic rings. The quantitative estimate of drug-likeness (QED) is 0.693. The topological polar surface area (TPSA) is 65.4 Å². The third-order valence-electron chi connectivity index (χ3n) is 4.21. The Morgan fingerprint density at radius 1 is 1.12 bits per heavy atom. The van der Waals surface area contributed by atoms with E-state index in [4.69, 9.17) is 9.47 Å². The van der Waals surface area contributed by atoms with Crippen LogP contribution >= 0.6 is 0 Å². The van der Waals surface area contributed by atoms with Gasteiger partial charge in [-0.25, -0.2) is 0 Å². The van der Waals surface area contributed by atoms with Gasteiger partial charge in [-0.2, -0.15) is 5.10 Å². The normalized spacial score (nSPS) is 10.8. The average molecular weight is 359 g/mol. The van der Waals surface area contributed by atoms with Crippen molar-refractivity contribution in [3.05, 3.63) is 36.2 Å². The van der Waals surface area contributed by atoms with Crippen molar-refractivity contribution < 1.29 is 14.3 Å². The summed E-state index contributed by atoms with van der Waals surface area (Å²) >= 11 is 0. The minimum Gasteiger partial charge on any atom is -0.490 e. The number of hydrogen-bond donors (Lipinski definition) is 1. The molecule has 6 nitrogen and oxygen atoms in total. The van der Waals surface area contributed by atoms with Crippen molar-refractivity contribution >= 4 is 11.6 Å². The fraction of sp³-hybridized carbons (Fsp3) is 0.500. The lowest BCUT2D eigenvalue weighted by Gasteiger charge is -2.12. The van der Waals surface area contributed by atoms with Gasteiger partial charge in [0.1, 0.15) is 0 Å². The zero-order valence-electron chi connectivity index (χ0n) is 16.1. The zero-order valence-corrected chi connectivity index (χ0v) is 16.1. The molecule has 26 heavy (non-hydrogen) atoms. The highest BCUT2D eigenvalue weighted by Gasteiger charge is 2.15. The van der Waals surface area contributed by atoms with Gasteiger partial charge in [-0.3, -0.25) is 9.48 Å².